The zero-order valence-electron chi connectivity index (χ0n) is 17.6. The van der Waals surface area contributed by atoms with Gasteiger partial charge in [0, 0.05) is 43.1 Å². The number of rotatable bonds is 6. The summed E-state index contributed by atoms with van der Waals surface area (Å²) in [6.45, 7) is 6.95. The summed E-state index contributed by atoms with van der Waals surface area (Å²) < 4.78 is 27.4. The third kappa shape index (κ3) is 4.52. The highest BCUT2D eigenvalue weighted by atomic mass is 35.5. The summed E-state index contributed by atoms with van der Waals surface area (Å²) in [5, 5.41) is 4.85. The number of sulfonamides is 1. The largest absolute Gasteiger partial charge is 0.370 e. The Hall–Kier alpha value is -2.26. The topological polar surface area (TPSA) is 78.4 Å². The van der Waals surface area contributed by atoms with Gasteiger partial charge in [-0.1, -0.05) is 23.7 Å². The van der Waals surface area contributed by atoms with Crippen LogP contribution in [0.5, 0.6) is 0 Å². The predicted molar refractivity (Wildman–Crippen MR) is 124 cm³/mol. The molecule has 2 aromatic carbocycles. The first-order chi connectivity index (χ1) is 14.9. The van der Waals surface area contributed by atoms with Crippen LogP contribution in [0.3, 0.4) is 0 Å². The summed E-state index contributed by atoms with van der Waals surface area (Å²) in [7, 11) is -3.53. The number of hydrogen-bond acceptors (Lipinski definition) is 6. The maximum Gasteiger partial charge on any atom is 0.243 e. The van der Waals surface area contributed by atoms with E-state index in [1.807, 2.05) is 31.2 Å². The van der Waals surface area contributed by atoms with Gasteiger partial charge in [0.2, 0.25) is 10.0 Å². The van der Waals surface area contributed by atoms with E-state index in [2.05, 4.69) is 17.1 Å². The number of benzene rings is 2. The highest BCUT2D eigenvalue weighted by Gasteiger charge is 2.31. The molecule has 1 atom stereocenters. The molecule has 2 heterocycles. The van der Waals surface area contributed by atoms with Crippen LogP contribution in [-0.2, 0) is 10.0 Å². The third-order valence-electron chi connectivity index (χ3n) is 5.61. The van der Waals surface area contributed by atoms with Gasteiger partial charge in [0.25, 0.3) is 0 Å². The zero-order chi connectivity index (χ0) is 22.0. The van der Waals surface area contributed by atoms with E-state index in [0.717, 1.165) is 29.1 Å². The number of anilines is 1. The number of aromatic nitrogens is 2. The zero-order valence-corrected chi connectivity index (χ0v) is 19.2. The predicted octanol–water partition coefficient (Wildman–Crippen LogP) is 3.78. The lowest BCUT2D eigenvalue weighted by atomic mass is 10.2. The van der Waals surface area contributed by atoms with Crippen LogP contribution in [0.4, 0.5) is 5.82 Å². The molecule has 1 aliphatic heterocycles. The lowest BCUT2D eigenvalue weighted by molar-refractivity contribution is 0.141. The van der Waals surface area contributed by atoms with Crippen molar-refractivity contribution in [2.24, 2.45) is 0 Å². The highest BCUT2D eigenvalue weighted by Crippen LogP contribution is 2.27. The fourth-order valence-electron chi connectivity index (χ4n) is 3.83. The van der Waals surface area contributed by atoms with Gasteiger partial charge in [-0.05, 0) is 50.2 Å². The first-order valence-electron chi connectivity index (χ1n) is 10.4. The van der Waals surface area contributed by atoms with E-state index in [1.54, 1.807) is 24.3 Å². The monoisotopic (exact) mass is 459 g/mol. The maximum absolute atomic E-state index is 12.9. The summed E-state index contributed by atoms with van der Waals surface area (Å²) in [6.07, 6.45) is 0. The van der Waals surface area contributed by atoms with Crippen LogP contribution in [0.25, 0.3) is 10.9 Å². The van der Waals surface area contributed by atoms with Crippen molar-refractivity contribution < 1.29 is 8.42 Å². The molecule has 1 saturated heterocycles. The van der Waals surface area contributed by atoms with E-state index in [9.17, 15) is 8.42 Å². The number of nitrogens with one attached hydrogen (secondary N) is 1. The lowest BCUT2D eigenvalue weighted by Gasteiger charge is -2.36. The molecule has 0 bridgehead atoms. The van der Waals surface area contributed by atoms with Crippen molar-refractivity contribution >= 4 is 38.3 Å². The second kappa shape index (κ2) is 9.08. The minimum atomic E-state index is -3.53. The molecule has 1 aromatic heterocycles. The maximum atomic E-state index is 12.9. The summed E-state index contributed by atoms with van der Waals surface area (Å²) in [5.74, 6) is 1.57. The molecule has 0 amide bonds. The van der Waals surface area contributed by atoms with Gasteiger partial charge in [0.1, 0.15) is 11.6 Å². The molecule has 9 heteroatoms. The molecular weight excluding hydrogens is 434 g/mol. The number of hydrogen-bond donors (Lipinski definition) is 1. The molecule has 31 heavy (non-hydrogen) atoms. The van der Waals surface area contributed by atoms with Crippen LogP contribution >= 0.6 is 11.6 Å². The molecule has 1 unspecified atom stereocenters. The van der Waals surface area contributed by atoms with Crippen molar-refractivity contribution in [3.63, 3.8) is 0 Å². The molecule has 1 aliphatic rings. The molecule has 0 spiro atoms. The Morgan fingerprint density at radius 3 is 2.39 bits per heavy atom. The Kier molecular flexibility index (Phi) is 6.43. The van der Waals surface area contributed by atoms with E-state index in [-0.39, 0.29) is 10.9 Å². The van der Waals surface area contributed by atoms with Crippen LogP contribution in [0.2, 0.25) is 5.02 Å². The molecule has 1 fully saturated rings. The van der Waals surface area contributed by atoms with Gasteiger partial charge in [-0.15, -0.1) is 0 Å². The quantitative estimate of drug-likeness (QED) is 0.604. The number of fused-ring (bicyclic) bond motifs is 1. The molecular formula is C22H26ClN5O2S. The molecule has 0 saturated carbocycles. The summed E-state index contributed by atoms with van der Waals surface area (Å²) >= 11 is 5.90. The van der Waals surface area contributed by atoms with Crippen LogP contribution in [0.15, 0.2) is 53.4 Å². The van der Waals surface area contributed by atoms with Crippen LogP contribution < -0.4 is 5.32 Å². The summed E-state index contributed by atoms with van der Waals surface area (Å²) in [6, 6.07) is 14.2. The van der Waals surface area contributed by atoms with Gasteiger partial charge in [0.05, 0.1) is 16.5 Å². The number of para-hydroxylation sites is 1. The smallest absolute Gasteiger partial charge is 0.243 e. The molecule has 7 nitrogen and oxygen atoms in total. The lowest BCUT2D eigenvalue weighted by Crippen LogP contribution is -2.49. The van der Waals surface area contributed by atoms with Crippen LogP contribution in [0, 0.1) is 0 Å². The summed E-state index contributed by atoms with van der Waals surface area (Å²) in [4.78, 5) is 12.1. The SMILES string of the molecule is CCNc1nc(C(C)N2CCN(S(=O)(=O)c3ccc(Cl)cc3)CC2)nc2ccccc12. The minimum Gasteiger partial charge on any atom is -0.370 e. The first kappa shape index (κ1) is 22.0. The van der Waals surface area contributed by atoms with Crippen molar-refractivity contribution in [2.75, 3.05) is 38.0 Å². The summed E-state index contributed by atoms with van der Waals surface area (Å²) in [5.41, 5.74) is 0.902. The van der Waals surface area contributed by atoms with Crippen LogP contribution in [0.1, 0.15) is 25.7 Å². The molecule has 4 rings (SSSR count). The third-order valence-corrected chi connectivity index (χ3v) is 7.78. The van der Waals surface area contributed by atoms with Gasteiger partial charge >= 0.3 is 0 Å². The number of piperazine rings is 1. The van der Waals surface area contributed by atoms with E-state index < -0.39 is 10.0 Å². The fourth-order valence-corrected chi connectivity index (χ4v) is 5.38. The van der Waals surface area contributed by atoms with E-state index >= 15 is 0 Å². The van der Waals surface area contributed by atoms with Gasteiger partial charge in [0.15, 0.2) is 0 Å². The Bertz CT molecular complexity index is 1160. The second-order valence-corrected chi connectivity index (χ2v) is 9.92. The van der Waals surface area contributed by atoms with Crippen molar-refractivity contribution in [3.8, 4) is 0 Å². The van der Waals surface area contributed by atoms with Crippen molar-refractivity contribution in [2.45, 2.75) is 24.8 Å². The Morgan fingerprint density at radius 1 is 1.03 bits per heavy atom. The Balaban J connectivity index is 1.50. The molecule has 1 N–H and O–H groups in total. The van der Waals surface area contributed by atoms with Gasteiger partial charge < -0.3 is 5.32 Å². The minimum absolute atomic E-state index is 0.0256. The van der Waals surface area contributed by atoms with Gasteiger partial charge in [-0.25, -0.2) is 18.4 Å². The fraction of sp³-hybridized carbons (Fsp3) is 0.364. The number of halogens is 1. The van der Waals surface area contributed by atoms with E-state index in [4.69, 9.17) is 21.6 Å². The van der Waals surface area contributed by atoms with Crippen LogP contribution in [-0.4, -0.2) is 60.3 Å². The van der Waals surface area contributed by atoms with Gasteiger partial charge in [-0.3, -0.25) is 4.90 Å². The van der Waals surface area contributed by atoms with Crippen molar-refractivity contribution in [1.29, 1.82) is 0 Å². The Labute approximate surface area is 188 Å². The number of nitrogens with zero attached hydrogens (tertiary/aromatic N) is 4. The van der Waals surface area contributed by atoms with Gasteiger partial charge in [-0.2, -0.15) is 4.31 Å². The van der Waals surface area contributed by atoms with Crippen molar-refractivity contribution in [1.82, 2.24) is 19.2 Å². The first-order valence-corrected chi connectivity index (χ1v) is 12.2. The average Bonchev–Trinajstić information content (AvgIpc) is 2.79. The normalized spacial score (nSPS) is 17.0. The second-order valence-electron chi connectivity index (χ2n) is 7.55. The standard InChI is InChI=1S/C22H26ClN5O2S/c1-3-24-22-19-6-4-5-7-20(19)25-21(26-22)16(2)27-12-14-28(15-13-27)31(29,30)18-10-8-17(23)9-11-18/h4-11,16H,3,12-15H2,1-2H3,(H,24,25,26). The molecule has 0 aliphatic carbocycles. The van der Waals surface area contributed by atoms with E-state index in [0.29, 0.717) is 31.2 Å². The molecule has 164 valence electrons. The molecule has 3 aromatic rings. The Morgan fingerprint density at radius 2 is 1.71 bits per heavy atom. The van der Waals surface area contributed by atoms with Crippen molar-refractivity contribution in [3.05, 3.63) is 59.4 Å². The highest BCUT2D eigenvalue weighted by molar-refractivity contribution is 7.89. The molecule has 0 radical (unpaired) electrons. The van der Waals surface area contributed by atoms with E-state index in [1.165, 1.54) is 4.31 Å². The average molecular weight is 460 g/mol.